The smallest absolute Gasteiger partial charge is 0.347 e. The summed E-state index contributed by atoms with van der Waals surface area (Å²) < 4.78 is 59.3. The molecular weight excluding hydrogens is 338 g/mol. The Labute approximate surface area is 141 Å². The van der Waals surface area contributed by atoms with Gasteiger partial charge in [0.25, 0.3) is 5.91 Å². The van der Waals surface area contributed by atoms with Crippen LogP contribution in [-0.4, -0.2) is 29.8 Å². The summed E-state index contributed by atoms with van der Waals surface area (Å²) in [6.45, 7) is -0.346. The molecular formula is C18H15F4NO2. The molecule has 1 amide bonds. The van der Waals surface area contributed by atoms with Crippen LogP contribution in [-0.2, 0) is 9.53 Å². The molecule has 1 aliphatic rings. The topological polar surface area (TPSA) is 29.5 Å². The molecule has 2 aromatic rings. The number of carbonyl (C=O) groups is 1. The number of hydrogen-bond acceptors (Lipinski definition) is 2. The van der Waals surface area contributed by atoms with E-state index in [0.717, 1.165) is 0 Å². The maximum absolute atomic E-state index is 14.6. The van der Waals surface area contributed by atoms with Gasteiger partial charge in [0.15, 0.2) is 0 Å². The molecule has 3 rings (SSSR count). The summed E-state index contributed by atoms with van der Waals surface area (Å²) in [6, 6.07) is 14.6. The van der Waals surface area contributed by atoms with Gasteiger partial charge >= 0.3 is 6.18 Å². The van der Waals surface area contributed by atoms with Gasteiger partial charge in [-0.25, -0.2) is 4.39 Å². The maximum Gasteiger partial charge on any atom is 0.433 e. The fourth-order valence-electron chi connectivity index (χ4n) is 2.86. The van der Waals surface area contributed by atoms with Crippen molar-refractivity contribution in [3.8, 4) is 0 Å². The van der Waals surface area contributed by atoms with Crippen LogP contribution in [0.1, 0.15) is 23.3 Å². The molecule has 0 aliphatic carbocycles. The van der Waals surface area contributed by atoms with Gasteiger partial charge in [-0.05, 0) is 11.1 Å². The number of benzene rings is 2. The Morgan fingerprint density at radius 1 is 1.04 bits per heavy atom. The first-order valence-electron chi connectivity index (χ1n) is 7.64. The molecule has 132 valence electrons. The van der Waals surface area contributed by atoms with Crippen molar-refractivity contribution in [3.05, 3.63) is 71.8 Å². The lowest BCUT2D eigenvalue weighted by molar-refractivity contribution is -0.241. The van der Waals surface area contributed by atoms with E-state index in [-0.39, 0.29) is 12.2 Å². The fraction of sp³-hybridized carbons (Fsp3) is 0.278. The fourth-order valence-corrected chi connectivity index (χ4v) is 2.86. The molecule has 0 aromatic heterocycles. The van der Waals surface area contributed by atoms with E-state index >= 15 is 0 Å². The molecule has 0 saturated carbocycles. The average molecular weight is 353 g/mol. The second-order valence-corrected chi connectivity index (χ2v) is 5.67. The Balaban J connectivity index is 1.95. The number of ether oxygens (including phenoxy) is 1. The monoisotopic (exact) mass is 353 g/mol. The van der Waals surface area contributed by atoms with Crippen molar-refractivity contribution in [3.63, 3.8) is 0 Å². The lowest BCUT2D eigenvalue weighted by Crippen LogP contribution is -2.47. The van der Waals surface area contributed by atoms with Crippen LogP contribution in [0.4, 0.5) is 17.6 Å². The molecule has 7 heteroatoms. The lowest BCUT2D eigenvalue weighted by atomic mass is 10.0. The molecule has 0 spiro atoms. The highest BCUT2D eigenvalue weighted by molar-refractivity contribution is 5.83. The van der Waals surface area contributed by atoms with Crippen LogP contribution in [0.3, 0.4) is 0 Å². The van der Waals surface area contributed by atoms with Crippen molar-refractivity contribution in [2.24, 2.45) is 0 Å². The summed E-state index contributed by atoms with van der Waals surface area (Å²) in [7, 11) is 0. The standard InChI is InChI=1S/C18H15F4NO2/c19-15(13-9-5-2-6-10-13)16(24)23-14(12-7-3-1-4-8-12)11-25-17(23)18(20,21)22/h1-10,14-15,17H,11H2. The molecule has 0 radical (unpaired) electrons. The molecule has 3 nitrogen and oxygen atoms in total. The number of rotatable bonds is 3. The van der Waals surface area contributed by atoms with Gasteiger partial charge in [-0.3, -0.25) is 9.69 Å². The van der Waals surface area contributed by atoms with E-state index in [1.807, 2.05) is 0 Å². The molecule has 0 N–H and O–H groups in total. The van der Waals surface area contributed by atoms with Crippen LogP contribution in [0.25, 0.3) is 0 Å². The minimum Gasteiger partial charge on any atom is -0.347 e. The van der Waals surface area contributed by atoms with Gasteiger partial charge in [-0.15, -0.1) is 0 Å². The van der Waals surface area contributed by atoms with Crippen LogP contribution < -0.4 is 0 Å². The van der Waals surface area contributed by atoms with E-state index in [9.17, 15) is 22.4 Å². The average Bonchev–Trinajstić information content (AvgIpc) is 3.07. The minimum absolute atomic E-state index is 0.00661. The number of halogens is 4. The van der Waals surface area contributed by atoms with Gasteiger partial charge in [0, 0.05) is 0 Å². The molecule has 0 bridgehead atoms. The Morgan fingerprint density at radius 3 is 2.16 bits per heavy atom. The van der Waals surface area contributed by atoms with Gasteiger partial charge in [0.1, 0.15) is 0 Å². The third kappa shape index (κ3) is 3.51. The zero-order chi connectivity index (χ0) is 18.0. The zero-order valence-corrected chi connectivity index (χ0v) is 13.0. The number of nitrogens with zero attached hydrogens (tertiary/aromatic N) is 1. The summed E-state index contributed by atoms with van der Waals surface area (Å²) in [6.07, 6.45) is -9.47. The number of amides is 1. The largest absolute Gasteiger partial charge is 0.433 e. The second-order valence-electron chi connectivity index (χ2n) is 5.67. The third-order valence-electron chi connectivity index (χ3n) is 4.03. The van der Waals surface area contributed by atoms with Crippen LogP contribution in [0.5, 0.6) is 0 Å². The van der Waals surface area contributed by atoms with Crippen LogP contribution in [0, 0.1) is 0 Å². The first-order valence-corrected chi connectivity index (χ1v) is 7.64. The minimum atomic E-state index is -4.81. The van der Waals surface area contributed by atoms with E-state index in [1.54, 1.807) is 36.4 Å². The highest BCUT2D eigenvalue weighted by atomic mass is 19.4. The Morgan fingerprint density at radius 2 is 1.60 bits per heavy atom. The highest BCUT2D eigenvalue weighted by Crippen LogP contribution is 2.40. The molecule has 2 aromatic carbocycles. The molecule has 25 heavy (non-hydrogen) atoms. The van der Waals surface area contributed by atoms with Crippen LogP contribution in [0.15, 0.2) is 60.7 Å². The van der Waals surface area contributed by atoms with Crippen molar-refractivity contribution in [1.29, 1.82) is 0 Å². The summed E-state index contributed by atoms with van der Waals surface area (Å²) in [5.74, 6) is -1.26. The Kier molecular flexibility index (Phi) is 4.76. The summed E-state index contributed by atoms with van der Waals surface area (Å²) in [5.41, 5.74) is 0.468. The molecule has 1 aliphatic heterocycles. The lowest BCUT2D eigenvalue weighted by Gasteiger charge is -2.30. The Hall–Kier alpha value is -2.41. The molecule has 1 fully saturated rings. The SMILES string of the molecule is O=C(C(F)c1ccccc1)N1C(c2ccccc2)COC1C(F)(F)F. The van der Waals surface area contributed by atoms with Crippen LogP contribution >= 0.6 is 0 Å². The summed E-state index contributed by atoms with van der Waals surface area (Å²) >= 11 is 0. The third-order valence-corrected chi connectivity index (χ3v) is 4.03. The molecule has 3 unspecified atom stereocenters. The normalized spacial score (nSPS) is 22.0. The first-order chi connectivity index (χ1) is 11.9. The van der Waals surface area contributed by atoms with E-state index in [1.165, 1.54) is 24.3 Å². The highest BCUT2D eigenvalue weighted by Gasteiger charge is 2.54. The van der Waals surface area contributed by atoms with E-state index in [4.69, 9.17) is 4.74 Å². The predicted molar refractivity (Wildman–Crippen MR) is 82.1 cm³/mol. The van der Waals surface area contributed by atoms with Crippen molar-refractivity contribution in [2.75, 3.05) is 6.61 Å². The van der Waals surface area contributed by atoms with Crippen LogP contribution in [0.2, 0.25) is 0 Å². The second kappa shape index (κ2) is 6.84. The van der Waals surface area contributed by atoms with E-state index < -0.39 is 30.5 Å². The zero-order valence-electron chi connectivity index (χ0n) is 13.0. The molecule has 3 atom stereocenters. The quantitative estimate of drug-likeness (QED) is 0.775. The summed E-state index contributed by atoms with van der Waals surface area (Å²) in [4.78, 5) is 13.0. The van der Waals surface area contributed by atoms with Gasteiger partial charge in [0.05, 0.1) is 12.6 Å². The van der Waals surface area contributed by atoms with Gasteiger partial charge in [0.2, 0.25) is 12.4 Å². The van der Waals surface area contributed by atoms with Crippen molar-refractivity contribution < 1.29 is 27.1 Å². The number of carbonyl (C=O) groups excluding carboxylic acids is 1. The van der Waals surface area contributed by atoms with Crippen molar-refractivity contribution >= 4 is 5.91 Å². The number of alkyl halides is 4. The Bertz CT molecular complexity index is 721. The van der Waals surface area contributed by atoms with Gasteiger partial charge in [-0.1, -0.05) is 60.7 Å². The van der Waals surface area contributed by atoms with Gasteiger partial charge < -0.3 is 4.74 Å². The molecule has 1 heterocycles. The maximum atomic E-state index is 14.6. The first kappa shape index (κ1) is 17.4. The van der Waals surface area contributed by atoms with E-state index in [0.29, 0.717) is 10.5 Å². The molecule has 1 saturated heterocycles. The number of hydrogen-bond donors (Lipinski definition) is 0. The van der Waals surface area contributed by atoms with Gasteiger partial charge in [-0.2, -0.15) is 13.2 Å². The summed E-state index contributed by atoms with van der Waals surface area (Å²) in [5, 5.41) is 0. The van der Waals surface area contributed by atoms with Crippen molar-refractivity contribution in [1.82, 2.24) is 4.90 Å². The van der Waals surface area contributed by atoms with Crippen molar-refractivity contribution in [2.45, 2.75) is 24.6 Å². The predicted octanol–water partition coefficient (Wildman–Crippen LogP) is 4.19. The van der Waals surface area contributed by atoms with E-state index in [2.05, 4.69) is 0 Å².